The van der Waals surface area contributed by atoms with Crippen molar-refractivity contribution < 1.29 is 14.1 Å². The number of anilines is 1. The molecule has 0 aliphatic carbocycles. The Morgan fingerprint density at radius 1 is 1.38 bits per heavy atom. The van der Waals surface area contributed by atoms with Crippen molar-refractivity contribution >= 4 is 29.3 Å². The standard InChI is InChI=1S/C18H22N4O3S/c1-13-19-16(21-25-13)11-26-12-17(23)20-15-6-4-5-14(9-15)10-22-8-3-2-7-18(22)24/h4-6,9H,2-3,7-8,10-12H2,1H3,(H,20,23). The zero-order valence-electron chi connectivity index (χ0n) is 14.7. The third kappa shape index (κ3) is 5.32. The molecule has 1 fully saturated rings. The first-order valence-corrected chi connectivity index (χ1v) is 9.79. The third-order valence-electron chi connectivity index (χ3n) is 4.04. The molecule has 7 nitrogen and oxygen atoms in total. The highest BCUT2D eigenvalue weighted by Crippen LogP contribution is 2.17. The molecule has 2 amide bonds. The van der Waals surface area contributed by atoms with Gasteiger partial charge in [0.2, 0.25) is 17.7 Å². The number of carbonyl (C=O) groups is 2. The Morgan fingerprint density at radius 3 is 3.04 bits per heavy atom. The summed E-state index contributed by atoms with van der Waals surface area (Å²) < 4.78 is 4.90. The summed E-state index contributed by atoms with van der Waals surface area (Å²) in [6.07, 6.45) is 2.67. The number of hydrogen-bond acceptors (Lipinski definition) is 6. The van der Waals surface area contributed by atoms with Crippen LogP contribution < -0.4 is 5.32 Å². The van der Waals surface area contributed by atoms with Crippen LogP contribution in [-0.4, -0.2) is 39.2 Å². The van der Waals surface area contributed by atoms with Gasteiger partial charge in [-0.05, 0) is 30.5 Å². The van der Waals surface area contributed by atoms with Gasteiger partial charge in [-0.15, -0.1) is 11.8 Å². The van der Waals surface area contributed by atoms with E-state index in [2.05, 4.69) is 15.5 Å². The number of aromatic nitrogens is 2. The summed E-state index contributed by atoms with van der Waals surface area (Å²) in [5, 5.41) is 6.69. The number of aryl methyl sites for hydroxylation is 1. The lowest BCUT2D eigenvalue weighted by Crippen LogP contribution is -2.34. The first-order chi connectivity index (χ1) is 12.6. The van der Waals surface area contributed by atoms with Crippen LogP contribution in [0.1, 0.15) is 36.5 Å². The van der Waals surface area contributed by atoms with E-state index in [1.807, 2.05) is 29.2 Å². The highest BCUT2D eigenvalue weighted by molar-refractivity contribution is 7.99. The number of nitrogens with one attached hydrogen (secondary N) is 1. The van der Waals surface area contributed by atoms with Gasteiger partial charge in [-0.25, -0.2) is 0 Å². The number of nitrogens with zero attached hydrogens (tertiary/aromatic N) is 3. The van der Waals surface area contributed by atoms with Crippen LogP contribution in [-0.2, 0) is 21.9 Å². The molecule has 0 bridgehead atoms. The van der Waals surface area contributed by atoms with Crippen molar-refractivity contribution in [1.82, 2.24) is 15.0 Å². The summed E-state index contributed by atoms with van der Waals surface area (Å²) in [6.45, 7) is 3.13. The van der Waals surface area contributed by atoms with Crippen LogP contribution in [0, 0.1) is 6.92 Å². The topological polar surface area (TPSA) is 88.3 Å². The maximum absolute atomic E-state index is 12.1. The average Bonchev–Trinajstić information content (AvgIpc) is 3.02. The molecule has 1 aromatic carbocycles. The highest BCUT2D eigenvalue weighted by Gasteiger charge is 2.18. The van der Waals surface area contributed by atoms with E-state index in [9.17, 15) is 9.59 Å². The lowest BCUT2D eigenvalue weighted by Gasteiger charge is -2.26. The molecule has 0 spiro atoms. The summed E-state index contributed by atoms with van der Waals surface area (Å²) in [4.78, 5) is 30.0. The average molecular weight is 374 g/mol. The fourth-order valence-electron chi connectivity index (χ4n) is 2.83. The second-order valence-electron chi connectivity index (χ2n) is 6.24. The summed E-state index contributed by atoms with van der Waals surface area (Å²) in [6, 6.07) is 7.65. The zero-order chi connectivity index (χ0) is 18.4. The monoisotopic (exact) mass is 374 g/mol. The number of likely N-dealkylation sites (tertiary alicyclic amines) is 1. The summed E-state index contributed by atoms with van der Waals surface area (Å²) in [5.41, 5.74) is 1.76. The Morgan fingerprint density at radius 2 is 2.27 bits per heavy atom. The predicted molar refractivity (Wildman–Crippen MR) is 99.5 cm³/mol. The van der Waals surface area contributed by atoms with Crippen molar-refractivity contribution in [2.45, 2.75) is 38.5 Å². The predicted octanol–water partition coefficient (Wildman–Crippen LogP) is 2.76. The molecular weight excluding hydrogens is 352 g/mol. The first kappa shape index (κ1) is 18.4. The largest absolute Gasteiger partial charge is 0.340 e. The highest BCUT2D eigenvalue weighted by atomic mass is 32.2. The number of hydrogen-bond donors (Lipinski definition) is 1. The molecule has 0 radical (unpaired) electrons. The number of rotatable bonds is 7. The lowest BCUT2D eigenvalue weighted by atomic mass is 10.1. The van der Waals surface area contributed by atoms with Crippen LogP contribution in [0.2, 0.25) is 0 Å². The Balaban J connectivity index is 1.48. The van der Waals surface area contributed by atoms with Crippen LogP contribution in [0.4, 0.5) is 5.69 Å². The second-order valence-corrected chi connectivity index (χ2v) is 7.23. The van der Waals surface area contributed by atoms with Crippen LogP contribution in [0.15, 0.2) is 28.8 Å². The molecule has 1 aromatic heterocycles. The number of amides is 2. The van der Waals surface area contributed by atoms with Gasteiger partial charge >= 0.3 is 0 Å². The summed E-state index contributed by atoms with van der Waals surface area (Å²) in [5.74, 6) is 2.08. The Bertz CT molecular complexity index is 777. The number of thioether (sulfide) groups is 1. The molecule has 2 heterocycles. The van der Waals surface area contributed by atoms with Gasteiger partial charge in [0.05, 0.1) is 11.5 Å². The quantitative estimate of drug-likeness (QED) is 0.802. The maximum Gasteiger partial charge on any atom is 0.234 e. The minimum atomic E-state index is -0.0820. The van der Waals surface area contributed by atoms with Crippen molar-refractivity contribution in [3.8, 4) is 0 Å². The van der Waals surface area contributed by atoms with Crippen molar-refractivity contribution in [1.29, 1.82) is 0 Å². The molecular formula is C18H22N4O3S. The molecule has 0 unspecified atom stereocenters. The molecule has 1 aliphatic heterocycles. The van der Waals surface area contributed by atoms with Crippen LogP contribution in [0.25, 0.3) is 0 Å². The van der Waals surface area contributed by atoms with E-state index < -0.39 is 0 Å². The minimum absolute atomic E-state index is 0.0820. The summed E-state index contributed by atoms with van der Waals surface area (Å²) in [7, 11) is 0. The molecule has 0 atom stereocenters. The van der Waals surface area contributed by atoms with E-state index in [1.165, 1.54) is 11.8 Å². The van der Waals surface area contributed by atoms with E-state index >= 15 is 0 Å². The molecule has 1 N–H and O–H groups in total. The Kier molecular flexibility index (Phi) is 6.27. The van der Waals surface area contributed by atoms with E-state index in [0.29, 0.717) is 36.2 Å². The molecule has 0 saturated carbocycles. The molecule has 8 heteroatoms. The van der Waals surface area contributed by atoms with Crippen LogP contribution >= 0.6 is 11.8 Å². The lowest BCUT2D eigenvalue weighted by molar-refractivity contribution is -0.133. The zero-order valence-corrected chi connectivity index (χ0v) is 15.6. The van der Waals surface area contributed by atoms with Gasteiger partial charge in [0.15, 0.2) is 5.82 Å². The van der Waals surface area contributed by atoms with Gasteiger partial charge in [-0.2, -0.15) is 4.98 Å². The van der Waals surface area contributed by atoms with Crippen LogP contribution in [0.3, 0.4) is 0 Å². The van der Waals surface area contributed by atoms with E-state index in [0.717, 1.165) is 30.6 Å². The molecule has 26 heavy (non-hydrogen) atoms. The first-order valence-electron chi connectivity index (χ1n) is 8.63. The van der Waals surface area contributed by atoms with Crippen molar-refractivity contribution in [3.63, 3.8) is 0 Å². The maximum atomic E-state index is 12.1. The van der Waals surface area contributed by atoms with Crippen molar-refractivity contribution in [2.24, 2.45) is 0 Å². The molecule has 1 aliphatic rings. The van der Waals surface area contributed by atoms with E-state index in [4.69, 9.17) is 4.52 Å². The van der Waals surface area contributed by atoms with E-state index in [-0.39, 0.29) is 11.8 Å². The van der Waals surface area contributed by atoms with Gasteiger partial charge in [0, 0.05) is 32.1 Å². The Labute approximate surface area is 156 Å². The summed E-state index contributed by atoms with van der Waals surface area (Å²) >= 11 is 1.43. The minimum Gasteiger partial charge on any atom is -0.340 e. The molecule has 2 aromatic rings. The Hall–Kier alpha value is -2.35. The SMILES string of the molecule is Cc1nc(CSCC(=O)Nc2cccc(CN3CCCCC3=O)c2)no1. The number of benzene rings is 1. The van der Waals surface area contributed by atoms with E-state index in [1.54, 1.807) is 6.92 Å². The number of piperidine rings is 1. The fraction of sp³-hybridized carbons (Fsp3) is 0.444. The molecule has 3 rings (SSSR count). The normalized spacial score (nSPS) is 14.5. The van der Waals surface area contributed by atoms with Gasteiger partial charge < -0.3 is 14.7 Å². The number of carbonyl (C=O) groups excluding carboxylic acids is 2. The third-order valence-corrected chi connectivity index (χ3v) is 4.97. The van der Waals surface area contributed by atoms with Gasteiger partial charge in [-0.3, -0.25) is 9.59 Å². The van der Waals surface area contributed by atoms with Gasteiger partial charge in [0.1, 0.15) is 0 Å². The van der Waals surface area contributed by atoms with Crippen LogP contribution in [0.5, 0.6) is 0 Å². The fourth-order valence-corrected chi connectivity index (χ4v) is 3.49. The van der Waals surface area contributed by atoms with Gasteiger partial charge in [0.25, 0.3) is 0 Å². The molecule has 138 valence electrons. The van der Waals surface area contributed by atoms with Gasteiger partial charge in [-0.1, -0.05) is 17.3 Å². The smallest absolute Gasteiger partial charge is 0.234 e. The molecule has 1 saturated heterocycles. The van der Waals surface area contributed by atoms with Crippen molar-refractivity contribution in [2.75, 3.05) is 17.6 Å². The van der Waals surface area contributed by atoms with Crippen molar-refractivity contribution in [3.05, 3.63) is 41.5 Å². The second kappa shape index (κ2) is 8.84.